The van der Waals surface area contributed by atoms with E-state index in [0.29, 0.717) is 5.56 Å². The second-order valence-electron chi connectivity index (χ2n) is 7.56. The van der Waals surface area contributed by atoms with Gasteiger partial charge in [-0.1, -0.05) is 6.07 Å². The van der Waals surface area contributed by atoms with Crippen LogP contribution in [0.5, 0.6) is 5.75 Å². The summed E-state index contributed by atoms with van der Waals surface area (Å²) >= 11 is 0. The lowest BCUT2D eigenvalue weighted by Crippen LogP contribution is -2.37. The summed E-state index contributed by atoms with van der Waals surface area (Å²) in [4.78, 5) is 14.5. The van der Waals surface area contributed by atoms with Gasteiger partial charge in [0.05, 0.1) is 0 Å². The highest BCUT2D eigenvalue weighted by Crippen LogP contribution is 2.23. The number of aryl methyl sites for hydroxylation is 1. The maximum absolute atomic E-state index is 13.7. The van der Waals surface area contributed by atoms with E-state index in [0.717, 1.165) is 11.3 Å². The molecule has 0 radical (unpaired) electrons. The number of pyridine rings is 1. The molecule has 5 nitrogen and oxygen atoms in total. The molecule has 1 heterocycles. The van der Waals surface area contributed by atoms with Crippen LogP contribution in [0, 0.1) is 12.7 Å². The first kappa shape index (κ1) is 24.4. The van der Waals surface area contributed by atoms with Crippen LogP contribution in [0.1, 0.15) is 55.4 Å². The molecular formula is C21H28F3N3O2. The molecule has 8 heteroatoms. The summed E-state index contributed by atoms with van der Waals surface area (Å²) in [7, 11) is 0. The number of halogens is 3. The van der Waals surface area contributed by atoms with Crippen molar-refractivity contribution in [2.24, 2.45) is 5.73 Å². The minimum Gasteiger partial charge on any atom is -0.485 e. The topological polar surface area (TPSA) is 77.2 Å². The second kappa shape index (κ2) is 10.8. The third-order valence-corrected chi connectivity index (χ3v) is 3.65. The molecule has 1 aromatic heterocycles. The summed E-state index contributed by atoms with van der Waals surface area (Å²) in [5.74, 6) is -1.18. The number of carbonyl (C=O) groups is 1. The van der Waals surface area contributed by atoms with Crippen LogP contribution < -0.4 is 15.8 Å². The van der Waals surface area contributed by atoms with E-state index >= 15 is 0 Å². The predicted molar refractivity (Wildman–Crippen MR) is 107 cm³/mol. The Morgan fingerprint density at radius 2 is 1.90 bits per heavy atom. The van der Waals surface area contributed by atoms with Crippen molar-refractivity contribution < 1.29 is 22.7 Å². The van der Waals surface area contributed by atoms with Crippen molar-refractivity contribution in [1.82, 2.24) is 10.3 Å². The van der Waals surface area contributed by atoms with Gasteiger partial charge in [0.1, 0.15) is 6.61 Å². The predicted octanol–water partition coefficient (Wildman–Crippen LogP) is 4.41. The molecule has 29 heavy (non-hydrogen) atoms. The molecule has 1 unspecified atom stereocenters. The van der Waals surface area contributed by atoms with Gasteiger partial charge in [0.2, 0.25) is 5.91 Å². The first-order valence-electron chi connectivity index (χ1n) is 9.09. The molecule has 0 spiro atoms. The van der Waals surface area contributed by atoms with E-state index in [1.165, 1.54) is 12.1 Å². The average Bonchev–Trinajstić information content (AvgIpc) is 2.59. The van der Waals surface area contributed by atoms with Crippen LogP contribution >= 0.6 is 0 Å². The monoisotopic (exact) mass is 411 g/mol. The third kappa shape index (κ3) is 9.43. The Hall–Kier alpha value is -2.61. The van der Waals surface area contributed by atoms with Gasteiger partial charge in [0, 0.05) is 29.0 Å². The van der Waals surface area contributed by atoms with Gasteiger partial charge in [0.15, 0.2) is 11.6 Å². The molecule has 0 aliphatic rings. The van der Waals surface area contributed by atoms with Crippen molar-refractivity contribution >= 4 is 5.91 Å². The summed E-state index contributed by atoms with van der Waals surface area (Å²) < 4.78 is 42.4. The highest BCUT2D eigenvalue weighted by atomic mass is 19.3. The molecule has 2 aromatic rings. The first-order valence-corrected chi connectivity index (χ1v) is 9.09. The molecule has 0 saturated carbocycles. The number of hydrogen-bond acceptors (Lipinski definition) is 4. The Kier molecular flexibility index (Phi) is 9.10. The lowest BCUT2D eigenvalue weighted by molar-refractivity contribution is 0.0799. The molecule has 0 fully saturated rings. The zero-order chi connectivity index (χ0) is 22.2. The number of amides is 1. The number of carbonyl (C=O) groups excluding carboxylic acids is 1. The van der Waals surface area contributed by atoms with Gasteiger partial charge in [0.25, 0.3) is 6.43 Å². The summed E-state index contributed by atoms with van der Waals surface area (Å²) in [5, 5.41) is 3.30. The van der Waals surface area contributed by atoms with Gasteiger partial charge < -0.3 is 15.8 Å². The minimum atomic E-state index is -2.61. The number of benzene rings is 1. The number of nitrogens with two attached hydrogens (primary N) is 1. The summed E-state index contributed by atoms with van der Waals surface area (Å²) in [6.07, 6.45) is -1.05. The van der Waals surface area contributed by atoms with Crippen LogP contribution in [0.2, 0.25) is 0 Å². The summed E-state index contributed by atoms with van der Waals surface area (Å²) in [6, 6.07) is 7.57. The van der Waals surface area contributed by atoms with Crippen molar-refractivity contribution in [3.8, 4) is 5.75 Å². The van der Waals surface area contributed by atoms with E-state index in [-0.39, 0.29) is 17.3 Å². The quantitative estimate of drug-likeness (QED) is 0.738. The average molecular weight is 411 g/mol. The smallest absolute Gasteiger partial charge is 0.272 e. The van der Waals surface area contributed by atoms with E-state index in [2.05, 4.69) is 15.0 Å². The molecule has 1 aromatic carbocycles. The Morgan fingerprint density at radius 1 is 1.24 bits per heavy atom. The van der Waals surface area contributed by atoms with Gasteiger partial charge in [-0.05, 0) is 64.4 Å². The molecule has 0 aliphatic heterocycles. The van der Waals surface area contributed by atoms with Crippen LogP contribution in [0.15, 0.2) is 36.5 Å². The number of primary amides is 1. The number of nitrogens with zero attached hydrogens (tertiary/aromatic N) is 1. The molecule has 3 N–H and O–H groups in total. The van der Waals surface area contributed by atoms with Gasteiger partial charge in [-0.25, -0.2) is 13.2 Å². The molecule has 0 aliphatic carbocycles. The summed E-state index contributed by atoms with van der Waals surface area (Å²) in [5.41, 5.74) is 6.98. The first-order chi connectivity index (χ1) is 13.4. The van der Waals surface area contributed by atoms with Crippen molar-refractivity contribution in [3.05, 3.63) is 59.2 Å². The van der Waals surface area contributed by atoms with E-state index in [1.54, 1.807) is 24.4 Å². The van der Waals surface area contributed by atoms with E-state index in [1.807, 2.05) is 34.6 Å². The molecule has 2 rings (SSSR count). The number of rotatable bonds is 6. The zero-order valence-electron chi connectivity index (χ0n) is 17.3. The van der Waals surface area contributed by atoms with Crippen molar-refractivity contribution in [1.29, 1.82) is 0 Å². The van der Waals surface area contributed by atoms with Gasteiger partial charge in [-0.15, -0.1) is 0 Å². The number of ether oxygens (including phenoxy) is 1. The van der Waals surface area contributed by atoms with E-state index in [4.69, 9.17) is 5.73 Å². The molecule has 1 atom stereocenters. The fraction of sp³-hybridized carbons (Fsp3) is 0.429. The Balaban J connectivity index is 0.000000352. The van der Waals surface area contributed by atoms with Crippen molar-refractivity contribution in [2.75, 3.05) is 6.61 Å². The van der Waals surface area contributed by atoms with Gasteiger partial charge in [-0.2, -0.15) is 0 Å². The van der Waals surface area contributed by atoms with Crippen LogP contribution in [0.4, 0.5) is 13.2 Å². The molecule has 1 amide bonds. The van der Waals surface area contributed by atoms with E-state index < -0.39 is 24.8 Å². The number of hydrogen-bond donors (Lipinski definition) is 2. The Bertz CT molecular complexity index is 808. The Morgan fingerprint density at radius 3 is 2.34 bits per heavy atom. The van der Waals surface area contributed by atoms with Gasteiger partial charge in [-0.3, -0.25) is 9.78 Å². The largest absolute Gasteiger partial charge is 0.485 e. The normalized spacial score (nSPS) is 12.2. The van der Waals surface area contributed by atoms with Crippen LogP contribution in [0.3, 0.4) is 0 Å². The highest BCUT2D eigenvalue weighted by Gasteiger charge is 2.16. The fourth-order valence-corrected chi connectivity index (χ4v) is 2.49. The number of nitrogens with one attached hydrogen (secondary N) is 1. The zero-order valence-corrected chi connectivity index (χ0v) is 17.3. The minimum absolute atomic E-state index is 0.0429. The third-order valence-electron chi connectivity index (χ3n) is 3.65. The maximum atomic E-state index is 13.7. The SMILES string of the molecule is CC(NC(C)(C)C)c1ccc(OCC(F)F)c(F)c1.Cc1cc(C(N)=O)ccn1. The number of alkyl halides is 2. The van der Waals surface area contributed by atoms with Gasteiger partial charge >= 0.3 is 0 Å². The number of aromatic nitrogens is 1. The summed E-state index contributed by atoms with van der Waals surface area (Å²) in [6.45, 7) is 8.97. The van der Waals surface area contributed by atoms with Crippen molar-refractivity contribution in [3.63, 3.8) is 0 Å². The van der Waals surface area contributed by atoms with Crippen LogP contribution in [0.25, 0.3) is 0 Å². The standard InChI is InChI=1S/C14H20F3NO.C7H8N2O/c1-9(18-14(2,3)4)10-5-6-12(11(15)7-10)19-8-13(16)17;1-5-4-6(7(8)10)2-3-9-5/h5-7,9,13,18H,8H2,1-4H3;2-4H,1H3,(H2,8,10). The maximum Gasteiger partial charge on any atom is 0.272 e. The van der Waals surface area contributed by atoms with Crippen molar-refractivity contribution in [2.45, 2.75) is 52.6 Å². The highest BCUT2D eigenvalue weighted by molar-refractivity contribution is 5.92. The second-order valence-corrected chi connectivity index (χ2v) is 7.56. The molecule has 0 bridgehead atoms. The molecular weight excluding hydrogens is 383 g/mol. The van der Waals surface area contributed by atoms with Crippen LogP contribution in [-0.4, -0.2) is 29.5 Å². The Labute approximate surface area is 169 Å². The lowest BCUT2D eigenvalue weighted by Gasteiger charge is -2.26. The molecule has 0 saturated heterocycles. The fourth-order valence-electron chi connectivity index (χ4n) is 2.49. The lowest BCUT2D eigenvalue weighted by atomic mass is 10.0. The van der Waals surface area contributed by atoms with E-state index in [9.17, 15) is 18.0 Å². The van der Waals surface area contributed by atoms with Crippen LogP contribution in [-0.2, 0) is 0 Å². The molecule has 160 valence electrons.